The molecule has 74 valence electrons. The van der Waals surface area contributed by atoms with Crippen molar-refractivity contribution in [2.45, 2.75) is 0 Å². The van der Waals surface area contributed by atoms with E-state index in [0.717, 1.165) is 11.4 Å². The highest BCUT2D eigenvalue weighted by atomic mass is 15.0. The van der Waals surface area contributed by atoms with Crippen molar-refractivity contribution in [1.29, 1.82) is 0 Å². The van der Waals surface area contributed by atoms with Gasteiger partial charge in [0.1, 0.15) is 12.4 Å². The zero-order valence-corrected chi connectivity index (χ0v) is 8.83. The van der Waals surface area contributed by atoms with Crippen molar-refractivity contribution in [3.05, 3.63) is 36.9 Å². The number of aromatic nitrogens is 4. The summed E-state index contributed by atoms with van der Waals surface area (Å²) >= 11 is 0. The number of hydrogen-bond donors (Lipinski definition) is 0. The number of aryl methyl sites for hydroxylation is 2. The first-order valence-corrected chi connectivity index (χ1v) is 4.73. The van der Waals surface area contributed by atoms with E-state index in [4.69, 9.17) is 0 Å². The summed E-state index contributed by atoms with van der Waals surface area (Å²) in [7, 11) is 5.86. The first-order chi connectivity index (χ1) is 7.27. The van der Waals surface area contributed by atoms with Gasteiger partial charge in [-0.1, -0.05) is 0 Å². The standard InChI is InChI=1S/C10H12BN4/c1-14-7-3-5-12-9(14)11-10-13-6-4-8-15(10)2/h3-8H,1-2H3/q+1. The monoisotopic (exact) mass is 199 g/mol. The van der Waals surface area contributed by atoms with Gasteiger partial charge in [-0.05, 0) is 7.28 Å². The van der Waals surface area contributed by atoms with Crippen molar-refractivity contribution < 1.29 is 9.13 Å². The first-order valence-electron chi connectivity index (χ1n) is 4.73. The van der Waals surface area contributed by atoms with E-state index in [2.05, 4.69) is 9.97 Å². The molecular formula is C10H12BN4+. The highest BCUT2D eigenvalue weighted by molar-refractivity contribution is 6.62. The van der Waals surface area contributed by atoms with E-state index in [0.29, 0.717) is 0 Å². The summed E-state index contributed by atoms with van der Waals surface area (Å²) in [5, 5.41) is 0. The quantitative estimate of drug-likeness (QED) is 0.405. The van der Waals surface area contributed by atoms with E-state index in [-0.39, 0.29) is 0 Å². The van der Waals surface area contributed by atoms with Crippen LogP contribution in [0.2, 0.25) is 0 Å². The van der Waals surface area contributed by atoms with E-state index < -0.39 is 0 Å². The Kier molecular flexibility index (Phi) is 2.71. The molecule has 4 nitrogen and oxygen atoms in total. The van der Waals surface area contributed by atoms with Crippen LogP contribution in [0.25, 0.3) is 0 Å². The molecule has 0 aliphatic heterocycles. The van der Waals surface area contributed by atoms with Crippen LogP contribution >= 0.6 is 0 Å². The fourth-order valence-electron chi connectivity index (χ4n) is 1.30. The van der Waals surface area contributed by atoms with Crippen LogP contribution in [0.1, 0.15) is 0 Å². The Bertz CT molecular complexity index is 429. The molecule has 2 aromatic rings. The van der Waals surface area contributed by atoms with Gasteiger partial charge < -0.3 is 0 Å². The van der Waals surface area contributed by atoms with Gasteiger partial charge in [0.15, 0.2) is 0 Å². The minimum atomic E-state index is 0.881. The van der Waals surface area contributed by atoms with Crippen molar-refractivity contribution in [1.82, 2.24) is 9.97 Å². The predicted molar refractivity (Wildman–Crippen MR) is 55.8 cm³/mol. The molecule has 0 fully saturated rings. The largest absolute Gasteiger partial charge is 0.278 e. The van der Waals surface area contributed by atoms with Gasteiger partial charge in [-0.3, -0.25) is 9.13 Å². The van der Waals surface area contributed by atoms with Gasteiger partial charge in [0.25, 0.3) is 0 Å². The van der Waals surface area contributed by atoms with Crippen LogP contribution in [0, 0.1) is 0 Å². The second kappa shape index (κ2) is 4.17. The Morgan fingerprint density at radius 1 is 0.933 bits per heavy atom. The van der Waals surface area contributed by atoms with Crippen molar-refractivity contribution >= 4 is 18.7 Å². The fourth-order valence-corrected chi connectivity index (χ4v) is 1.30. The molecule has 2 radical (unpaired) electrons. The van der Waals surface area contributed by atoms with Crippen molar-refractivity contribution in [3.8, 4) is 0 Å². The predicted octanol–water partition coefficient (Wildman–Crippen LogP) is -2.22. The van der Waals surface area contributed by atoms with E-state index in [9.17, 15) is 0 Å². The van der Waals surface area contributed by atoms with Gasteiger partial charge in [-0.2, -0.15) is 0 Å². The van der Waals surface area contributed by atoms with Crippen LogP contribution < -0.4 is 20.6 Å². The zero-order valence-electron chi connectivity index (χ0n) is 8.83. The van der Waals surface area contributed by atoms with Crippen molar-refractivity contribution in [3.63, 3.8) is 0 Å². The molecule has 0 N–H and O–H groups in total. The van der Waals surface area contributed by atoms with Crippen molar-refractivity contribution in [2.24, 2.45) is 14.1 Å². The third kappa shape index (κ3) is 2.18. The molecule has 0 aliphatic rings. The summed E-state index contributed by atoms with van der Waals surface area (Å²) in [6.45, 7) is 0. The van der Waals surface area contributed by atoms with Gasteiger partial charge >= 0.3 is 0 Å². The molecule has 2 rings (SSSR count). The SMILES string of the molecule is C[n+]1cccnc1[B-]c1nccc[n+]1C. The lowest BCUT2D eigenvalue weighted by Gasteiger charge is -2.07. The molecule has 0 saturated carbocycles. The Labute approximate surface area is 89.5 Å². The minimum absolute atomic E-state index is 0.881. The van der Waals surface area contributed by atoms with E-state index in [1.807, 2.05) is 55.0 Å². The number of hydrogen-bond acceptors (Lipinski definition) is 2. The van der Waals surface area contributed by atoms with Gasteiger partial charge in [0, 0.05) is 12.1 Å². The highest BCUT2D eigenvalue weighted by Gasteiger charge is 2.02. The summed E-state index contributed by atoms with van der Waals surface area (Å²) in [4.78, 5) is 8.54. The van der Waals surface area contributed by atoms with E-state index in [1.54, 1.807) is 12.4 Å². The highest BCUT2D eigenvalue weighted by Crippen LogP contribution is 1.69. The Hall–Kier alpha value is -1.78. The van der Waals surface area contributed by atoms with Crippen LogP contribution in [0.4, 0.5) is 0 Å². The summed E-state index contributed by atoms with van der Waals surface area (Å²) in [5.41, 5.74) is 1.76. The summed E-state index contributed by atoms with van der Waals surface area (Å²) < 4.78 is 3.91. The molecule has 0 bridgehead atoms. The normalized spacial score (nSPS) is 10.3. The lowest BCUT2D eigenvalue weighted by Crippen LogP contribution is -2.61. The number of nitrogens with zero attached hydrogens (tertiary/aromatic N) is 4. The lowest BCUT2D eigenvalue weighted by atomic mass is 9.75. The zero-order chi connectivity index (χ0) is 10.7. The molecule has 0 amide bonds. The second-order valence-corrected chi connectivity index (χ2v) is 3.32. The van der Waals surface area contributed by atoms with Gasteiger partial charge in [0.05, 0.1) is 37.9 Å². The second-order valence-electron chi connectivity index (χ2n) is 3.32. The Balaban J connectivity index is 2.30. The molecule has 0 aromatic carbocycles. The summed E-state index contributed by atoms with van der Waals surface area (Å²) in [5.74, 6) is 0. The van der Waals surface area contributed by atoms with E-state index >= 15 is 0 Å². The maximum atomic E-state index is 4.27. The van der Waals surface area contributed by atoms with Crippen LogP contribution in [0.5, 0.6) is 0 Å². The smallest absolute Gasteiger partial charge is 0.138 e. The van der Waals surface area contributed by atoms with Crippen LogP contribution in [0.15, 0.2) is 36.9 Å². The average molecular weight is 199 g/mol. The van der Waals surface area contributed by atoms with E-state index in [1.165, 1.54) is 0 Å². The Morgan fingerprint density at radius 2 is 1.40 bits per heavy atom. The summed E-state index contributed by atoms with van der Waals surface area (Å²) in [6, 6.07) is 3.80. The molecule has 0 unspecified atom stereocenters. The molecule has 2 aromatic heterocycles. The average Bonchev–Trinajstić information content (AvgIpc) is 2.24. The van der Waals surface area contributed by atoms with Crippen LogP contribution in [-0.4, -0.2) is 17.2 Å². The molecule has 0 aliphatic carbocycles. The molecule has 2 heterocycles. The molecule has 0 atom stereocenters. The number of rotatable bonds is 2. The Morgan fingerprint density at radius 3 is 1.80 bits per heavy atom. The maximum Gasteiger partial charge on any atom is 0.138 e. The minimum Gasteiger partial charge on any atom is -0.278 e. The van der Waals surface area contributed by atoms with Gasteiger partial charge in [-0.25, -0.2) is 0 Å². The van der Waals surface area contributed by atoms with Crippen molar-refractivity contribution in [2.75, 3.05) is 0 Å². The third-order valence-corrected chi connectivity index (χ3v) is 2.19. The summed E-state index contributed by atoms with van der Waals surface area (Å²) in [6.07, 6.45) is 7.47. The first kappa shape index (κ1) is 9.77. The van der Waals surface area contributed by atoms with Gasteiger partial charge in [-0.15, -0.1) is 9.97 Å². The molecule has 0 saturated heterocycles. The lowest BCUT2D eigenvalue weighted by molar-refractivity contribution is -0.660. The molecule has 5 heteroatoms. The molecular weight excluding hydrogens is 187 g/mol. The molecule has 0 spiro atoms. The third-order valence-electron chi connectivity index (χ3n) is 2.19. The van der Waals surface area contributed by atoms with Crippen LogP contribution in [-0.2, 0) is 14.1 Å². The maximum absolute atomic E-state index is 4.27. The van der Waals surface area contributed by atoms with Crippen LogP contribution in [0.3, 0.4) is 0 Å². The topological polar surface area (TPSA) is 33.5 Å². The van der Waals surface area contributed by atoms with Gasteiger partial charge in [0.2, 0.25) is 0 Å². The fraction of sp³-hybridized carbons (Fsp3) is 0.200. The molecule has 15 heavy (non-hydrogen) atoms.